The van der Waals surface area contributed by atoms with Gasteiger partial charge in [-0.05, 0) is 26.0 Å². The van der Waals surface area contributed by atoms with Gasteiger partial charge in [-0.2, -0.15) is 5.26 Å². The summed E-state index contributed by atoms with van der Waals surface area (Å²) in [5.41, 5.74) is 3.35. The molecule has 0 saturated carbocycles. The van der Waals surface area contributed by atoms with Gasteiger partial charge in [0.15, 0.2) is 0 Å². The second-order valence-corrected chi connectivity index (χ2v) is 4.24. The molecule has 0 aliphatic heterocycles. The van der Waals surface area contributed by atoms with Crippen molar-refractivity contribution >= 4 is 0 Å². The summed E-state index contributed by atoms with van der Waals surface area (Å²) in [6.45, 7) is 3.86. The SMILES string of the molecule is COc1ccc(C)cc1-c1nc(C)c(C#N)n1C. The van der Waals surface area contributed by atoms with E-state index in [9.17, 15) is 0 Å². The van der Waals surface area contributed by atoms with Gasteiger partial charge in [0.1, 0.15) is 23.3 Å². The third-order valence-electron chi connectivity index (χ3n) is 2.97. The number of rotatable bonds is 2. The summed E-state index contributed by atoms with van der Waals surface area (Å²) < 4.78 is 7.15. The molecule has 4 heteroatoms. The van der Waals surface area contributed by atoms with Crippen molar-refractivity contribution in [2.75, 3.05) is 7.11 Å². The Kier molecular flexibility index (Phi) is 3.07. The van der Waals surface area contributed by atoms with Crippen molar-refractivity contribution in [3.05, 3.63) is 35.2 Å². The quantitative estimate of drug-likeness (QED) is 0.812. The largest absolute Gasteiger partial charge is 0.496 e. The molecular formula is C14H15N3O. The Balaban J connectivity index is 2.70. The van der Waals surface area contributed by atoms with Crippen LogP contribution >= 0.6 is 0 Å². The van der Waals surface area contributed by atoms with Crippen molar-refractivity contribution in [3.8, 4) is 23.2 Å². The maximum Gasteiger partial charge on any atom is 0.144 e. The number of hydrogen-bond donors (Lipinski definition) is 0. The normalized spacial score (nSPS) is 10.2. The molecule has 2 aromatic rings. The minimum absolute atomic E-state index is 0.577. The van der Waals surface area contributed by atoms with Gasteiger partial charge in [0.2, 0.25) is 0 Å². The lowest BCUT2D eigenvalue weighted by molar-refractivity contribution is 0.416. The number of hydrogen-bond acceptors (Lipinski definition) is 3. The molecule has 1 heterocycles. The third-order valence-corrected chi connectivity index (χ3v) is 2.97. The van der Waals surface area contributed by atoms with E-state index < -0.39 is 0 Å². The smallest absolute Gasteiger partial charge is 0.144 e. The third kappa shape index (κ3) is 1.84. The molecule has 1 aromatic heterocycles. The van der Waals surface area contributed by atoms with E-state index in [1.807, 2.05) is 39.1 Å². The lowest BCUT2D eigenvalue weighted by Gasteiger charge is -2.09. The number of methoxy groups -OCH3 is 1. The Labute approximate surface area is 106 Å². The van der Waals surface area contributed by atoms with Crippen LogP contribution in [0, 0.1) is 25.2 Å². The van der Waals surface area contributed by atoms with Crippen LogP contribution in [0.4, 0.5) is 0 Å². The van der Waals surface area contributed by atoms with Gasteiger partial charge in [-0.25, -0.2) is 4.98 Å². The summed E-state index contributed by atoms with van der Waals surface area (Å²) in [4.78, 5) is 4.46. The van der Waals surface area contributed by atoms with E-state index in [2.05, 4.69) is 11.1 Å². The molecule has 0 atom stereocenters. The maximum absolute atomic E-state index is 9.10. The molecule has 2 rings (SSSR count). The predicted molar refractivity (Wildman–Crippen MR) is 69.4 cm³/mol. The Morgan fingerprint density at radius 1 is 1.33 bits per heavy atom. The van der Waals surface area contributed by atoms with Crippen molar-refractivity contribution in [1.82, 2.24) is 9.55 Å². The van der Waals surface area contributed by atoms with Gasteiger partial charge in [-0.3, -0.25) is 0 Å². The highest BCUT2D eigenvalue weighted by atomic mass is 16.5. The molecule has 18 heavy (non-hydrogen) atoms. The van der Waals surface area contributed by atoms with Crippen molar-refractivity contribution < 1.29 is 4.74 Å². The number of nitriles is 1. The summed E-state index contributed by atoms with van der Waals surface area (Å²) in [7, 11) is 3.48. The van der Waals surface area contributed by atoms with Crippen LogP contribution in [0.3, 0.4) is 0 Å². The highest BCUT2D eigenvalue weighted by Gasteiger charge is 2.16. The average Bonchev–Trinajstić information content (AvgIpc) is 2.64. The Hall–Kier alpha value is -2.28. The summed E-state index contributed by atoms with van der Waals surface area (Å²) in [5.74, 6) is 1.52. The molecule has 0 N–H and O–H groups in total. The minimum Gasteiger partial charge on any atom is -0.496 e. The van der Waals surface area contributed by atoms with Crippen LogP contribution in [0.25, 0.3) is 11.4 Å². The van der Waals surface area contributed by atoms with Crippen LogP contribution in [-0.2, 0) is 7.05 Å². The first-order valence-electron chi connectivity index (χ1n) is 5.67. The fourth-order valence-corrected chi connectivity index (χ4v) is 2.03. The van der Waals surface area contributed by atoms with Crippen molar-refractivity contribution in [2.24, 2.45) is 7.05 Å². The Morgan fingerprint density at radius 2 is 2.06 bits per heavy atom. The molecule has 0 unspecified atom stereocenters. The molecule has 0 saturated heterocycles. The Bertz CT molecular complexity index is 635. The molecule has 1 aromatic carbocycles. The fraction of sp³-hybridized carbons (Fsp3) is 0.286. The molecule has 92 valence electrons. The van der Waals surface area contributed by atoms with Gasteiger partial charge in [0.05, 0.1) is 18.4 Å². The van der Waals surface area contributed by atoms with Crippen molar-refractivity contribution in [1.29, 1.82) is 5.26 Å². The molecule has 0 spiro atoms. The first-order chi connectivity index (χ1) is 8.58. The summed E-state index contributed by atoms with van der Waals surface area (Å²) in [5, 5.41) is 9.10. The topological polar surface area (TPSA) is 50.8 Å². The van der Waals surface area contributed by atoms with Crippen LogP contribution in [-0.4, -0.2) is 16.7 Å². The molecule has 0 amide bonds. The highest BCUT2D eigenvalue weighted by molar-refractivity contribution is 5.67. The van der Waals surface area contributed by atoms with Gasteiger partial charge in [0.25, 0.3) is 0 Å². The van der Waals surface area contributed by atoms with E-state index in [1.54, 1.807) is 11.7 Å². The average molecular weight is 241 g/mol. The van der Waals surface area contributed by atoms with E-state index in [-0.39, 0.29) is 0 Å². The van der Waals surface area contributed by atoms with Gasteiger partial charge >= 0.3 is 0 Å². The van der Waals surface area contributed by atoms with E-state index in [0.717, 1.165) is 28.4 Å². The van der Waals surface area contributed by atoms with Crippen LogP contribution in [0.1, 0.15) is 17.0 Å². The second-order valence-electron chi connectivity index (χ2n) is 4.24. The number of imidazole rings is 1. The van der Waals surface area contributed by atoms with Gasteiger partial charge in [0, 0.05) is 7.05 Å². The molecule has 0 radical (unpaired) electrons. The zero-order chi connectivity index (χ0) is 13.3. The zero-order valence-electron chi connectivity index (χ0n) is 11.0. The number of aryl methyl sites for hydroxylation is 2. The summed E-state index contributed by atoms with van der Waals surface area (Å²) in [6.07, 6.45) is 0. The van der Waals surface area contributed by atoms with Crippen LogP contribution < -0.4 is 4.74 Å². The molecule has 0 bridgehead atoms. The van der Waals surface area contributed by atoms with Gasteiger partial charge in [-0.15, -0.1) is 0 Å². The van der Waals surface area contributed by atoms with Crippen LogP contribution in [0.15, 0.2) is 18.2 Å². The molecule has 4 nitrogen and oxygen atoms in total. The first-order valence-corrected chi connectivity index (χ1v) is 5.67. The molecule has 0 aliphatic rings. The zero-order valence-corrected chi connectivity index (χ0v) is 11.0. The number of aromatic nitrogens is 2. The number of nitrogens with zero attached hydrogens (tertiary/aromatic N) is 3. The monoisotopic (exact) mass is 241 g/mol. The summed E-state index contributed by atoms with van der Waals surface area (Å²) in [6, 6.07) is 8.09. The summed E-state index contributed by atoms with van der Waals surface area (Å²) >= 11 is 0. The van der Waals surface area contributed by atoms with Crippen LogP contribution in [0.5, 0.6) is 5.75 Å². The van der Waals surface area contributed by atoms with E-state index in [4.69, 9.17) is 10.00 Å². The first kappa shape index (κ1) is 12.2. The van der Waals surface area contributed by atoms with Crippen molar-refractivity contribution in [3.63, 3.8) is 0 Å². The lowest BCUT2D eigenvalue weighted by atomic mass is 10.1. The van der Waals surface area contributed by atoms with Crippen LogP contribution in [0.2, 0.25) is 0 Å². The van der Waals surface area contributed by atoms with E-state index >= 15 is 0 Å². The Morgan fingerprint density at radius 3 is 2.61 bits per heavy atom. The molecule has 0 aliphatic carbocycles. The van der Waals surface area contributed by atoms with E-state index in [1.165, 1.54) is 0 Å². The molecular weight excluding hydrogens is 226 g/mol. The van der Waals surface area contributed by atoms with Gasteiger partial charge in [-0.1, -0.05) is 11.6 Å². The predicted octanol–water partition coefficient (Wildman–Crippen LogP) is 2.58. The molecule has 0 fully saturated rings. The van der Waals surface area contributed by atoms with E-state index in [0.29, 0.717) is 5.69 Å². The fourth-order valence-electron chi connectivity index (χ4n) is 2.03. The number of benzene rings is 1. The maximum atomic E-state index is 9.10. The highest BCUT2D eigenvalue weighted by Crippen LogP contribution is 2.30. The number of ether oxygens (including phenoxy) is 1. The standard InChI is InChI=1S/C14H15N3O/c1-9-5-6-13(18-4)11(7-9)14-16-10(2)12(8-15)17(14)3/h5-7H,1-4H3. The van der Waals surface area contributed by atoms with Crippen molar-refractivity contribution in [2.45, 2.75) is 13.8 Å². The lowest BCUT2D eigenvalue weighted by Crippen LogP contribution is -1.98. The second kappa shape index (κ2) is 4.53. The minimum atomic E-state index is 0.577. The van der Waals surface area contributed by atoms with Gasteiger partial charge < -0.3 is 9.30 Å².